The van der Waals surface area contributed by atoms with E-state index in [2.05, 4.69) is 24.1 Å². The van der Waals surface area contributed by atoms with Crippen LogP contribution in [0.25, 0.3) is 0 Å². The lowest BCUT2D eigenvalue weighted by molar-refractivity contribution is 0.0258. The van der Waals surface area contributed by atoms with Crippen molar-refractivity contribution in [1.29, 1.82) is 0 Å². The molecule has 0 aromatic heterocycles. The van der Waals surface area contributed by atoms with Crippen LogP contribution in [0.15, 0.2) is 0 Å². The molecule has 3 aliphatic rings. The van der Waals surface area contributed by atoms with Crippen LogP contribution in [0.5, 0.6) is 0 Å². The fraction of sp³-hybridized carbons (Fsp3) is 1.00. The SMILES string of the molecule is CC1CCC(N2CCNC3(CCCCC3)C2)C(C)C1. The van der Waals surface area contributed by atoms with Crippen molar-refractivity contribution in [3.63, 3.8) is 0 Å². The Morgan fingerprint density at radius 2 is 1.84 bits per heavy atom. The summed E-state index contributed by atoms with van der Waals surface area (Å²) >= 11 is 0. The van der Waals surface area contributed by atoms with Crippen molar-refractivity contribution in [2.24, 2.45) is 11.8 Å². The van der Waals surface area contributed by atoms with Crippen molar-refractivity contribution in [3.8, 4) is 0 Å². The van der Waals surface area contributed by atoms with E-state index in [1.54, 1.807) is 0 Å². The molecule has 3 atom stereocenters. The highest BCUT2D eigenvalue weighted by atomic mass is 15.2. The first-order chi connectivity index (χ1) is 9.19. The Morgan fingerprint density at radius 1 is 1.05 bits per heavy atom. The van der Waals surface area contributed by atoms with Crippen LogP contribution in [0, 0.1) is 11.8 Å². The van der Waals surface area contributed by atoms with E-state index < -0.39 is 0 Å². The van der Waals surface area contributed by atoms with Crippen LogP contribution in [-0.4, -0.2) is 36.1 Å². The molecule has 0 amide bonds. The maximum Gasteiger partial charge on any atom is 0.0309 e. The first-order valence-electron chi connectivity index (χ1n) is 8.68. The molecule has 1 N–H and O–H groups in total. The van der Waals surface area contributed by atoms with Gasteiger partial charge in [0.05, 0.1) is 0 Å². The number of piperazine rings is 1. The second-order valence-electron chi connectivity index (χ2n) is 7.70. The number of nitrogens with one attached hydrogen (secondary N) is 1. The third kappa shape index (κ3) is 3.00. The Balaban J connectivity index is 1.64. The van der Waals surface area contributed by atoms with Crippen LogP contribution in [0.2, 0.25) is 0 Å². The molecule has 0 aromatic carbocycles. The zero-order chi connectivity index (χ0) is 13.3. The first kappa shape index (κ1) is 13.9. The number of nitrogens with zero attached hydrogens (tertiary/aromatic N) is 1. The van der Waals surface area contributed by atoms with Crippen LogP contribution in [-0.2, 0) is 0 Å². The molecule has 2 heteroatoms. The molecular weight excluding hydrogens is 232 g/mol. The second kappa shape index (κ2) is 5.73. The molecule has 1 aliphatic heterocycles. The minimum absolute atomic E-state index is 0.485. The summed E-state index contributed by atoms with van der Waals surface area (Å²) in [6.07, 6.45) is 11.5. The van der Waals surface area contributed by atoms with Crippen molar-refractivity contribution >= 4 is 0 Å². The molecule has 0 radical (unpaired) electrons. The maximum atomic E-state index is 3.89. The summed E-state index contributed by atoms with van der Waals surface area (Å²) in [4.78, 5) is 2.86. The Hall–Kier alpha value is -0.0800. The maximum absolute atomic E-state index is 3.89. The van der Waals surface area contributed by atoms with Crippen LogP contribution < -0.4 is 5.32 Å². The van der Waals surface area contributed by atoms with Gasteiger partial charge in [-0.05, 0) is 43.9 Å². The van der Waals surface area contributed by atoms with Gasteiger partial charge in [0.1, 0.15) is 0 Å². The lowest BCUT2D eigenvalue weighted by Crippen LogP contribution is -2.63. The van der Waals surface area contributed by atoms with E-state index in [1.165, 1.54) is 71.0 Å². The fourth-order valence-corrected chi connectivity index (χ4v) is 5.03. The molecule has 1 spiro atoms. The average Bonchev–Trinajstić information content (AvgIpc) is 2.39. The van der Waals surface area contributed by atoms with Crippen molar-refractivity contribution < 1.29 is 0 Å². The third-order valence-corrected chi connectivity index (χ3v) is 6.07. The van der Waals surface area contributed by atoms with Gasteiger partial charge >= 0.3 is 0 Å². The van der Waals surface area contributed by atoms with Crippen molar-refractivity contribution in [1.82, 2.24) is 10.2 Å². The summed E-state index contributed by atoms with van der Waals surface area (Å²) in [5, 5.41) is 3.89. The van der Waals surface area contributed by atoms with E-state index in [-0.39, 0.29) is 0 Å². The molecule has 0 aromatic rings. The topological polar surface area (TPSA) is 15.3 Å². The highest BCUT2D eigenvalue weighted by Crippen LogP contribution is 2.36. The molecule has 3 unspecified atom stereocenters. The van der Waals surface area contributed by atoms with Crippen molar-refractivity contribution in [2.75, 3.05) is 19.6 Å². The Kier molecular flexibility index (Phi) is 4.19. The molecule has 3 rings (SSSR count). The normalized spacial score (nSPS) is 40.4. The summed E-state index contributed by atoms with van der Waals surface area (Å²) in [7, 11) is 0. The molecule has 2 saturated carbocycles. The summed E-state index contributed by atoms with van der Waals surface area (Å²) < 4.78 is 0. The zero-order valence-corrected chi connectivity index (χ0v) is 13.0. The minimum Gasteiger partial charge on any atom is -0.309 e. The number of hydrogen-bond acceptors (Lipinski definition) is 2. The molecule has 2 nitrogen and oxygen atoms in total. The molecule has 1 heterocycles. The molecule has 2 aliphatic carbocycles. The van der Waals surface area contributed by atoms with E-state index in [0.29, 0.717) is 5.54 Å². The van der Waals surface area contributed by atoms with Crippen molar-refractivity contribution in [2.45, 2.75) is 76.8 Å². The van der Waals surface area contributed by atoms with Gasteiger partial charge in [-0.15, -0.1) is 0 Å². The monoisotopic (exact) mass is 264 g/mol. The second-order valence-corrected chi connectivity index (χ2v) is 7.70. The van der Waals surface area contributed by atoms with Crippen LogP contribution in [0.3, 0.4) is 0 Å². The predicted octanol–water partition coefficient (Wildman–Crippen LogP) is 3.42. The Morgan fingerprint density at radius 3 is 2.58 bits per heavy atom. The summed E-state index contributed by atoms with van der Waals surface area (Å²) in [5.41, 5.74) is 0.485. The van der Waals surface area contributed by atoms with Gasteiger partial charge < -0.3 is 5.32 Å². The van der Waals surface area contributed by atoms with Crippen molar-refractivity contribution in [3.05, 3.63) is 0 Å². The first-order valence-corrected chi connectivity index (χ1v) is 8.68. The van der Waals surface area contributed by atoms with Crippen LogP contribution >= 0.6 is 0 Å². The quantitative estimate of drug-likeness (QED) is 0.780. The van der Waals surface area contributed by atoms with Gasteiger partial charge in [0.25, 0.3) is 0 Å². The largest absolute Gasteiger partial charge is 0.309 e. The van der Waals surface area contributed by atoms with E-state index in [0.717, 1.165) is 17.9 Å². The highest BCUT2D eigenvalue weighted by Gasteiger charge is 2.40. The third-order valence-electron chi connectivity index (χ3n) is 6.07. The van der Waals surface area contributed by atoms with Gasteiger partial charge in [0.2, 0.25) is 0 Å². The smallest absolute Gasteiger partial charge is 0.0309 e. The number of hydrogen-bond donors (Lipinski definition) is 1. The predicted molar refractivity (Wildman–Crippen MR) is 81.4 cm³/mol. The van der Waals surface area contributed by atoms with E-state index in [4.69, 9.17) is 0 Å². The van der Waals surface area contributed by atoms with Gasteiger partial charge in [-0.2, -0.15) is 0 Å². The highest BCUT2D eigenvalue weighted by molar-refractivity contribution is 4.99. The van der Waals surface area contributed by atoms with E-state index in [9.17, 15) is 0 Å². The van der Waals surface area contributed by atoms with Crippen LogP contribution in [0.1, 0.15) is 65.2 Å². The zero-order valence-electron chi connectivity index (χ0n) is 13.0. The molecule has 1 saturated heterocycles. The van der Waals surface area contributed by atoms with Gasteiger partial charge in [-0.25, -0.2) is 0 Å². The summed E-state index contributed by atoms with van der Waals surface area (Å²) in [6, 6.07) is 0.872. The molecule has 19 heavy (non-hydrogen) atoms. The van der Waals surface area contributed by atoms with Gasteiger partial charge in [-0.3, -0.25) is 4.90 Å². The molecule has 3 fully saturated rings. The summed E-state index contributed by atoms with van der Waals surface area (Å²) in [5.74, 6) is 1.86. The molecule has 0 bridgehead atoms. The van der Waals surface area contributed by atoms with Gasteiger partial charge in [0, 0.05) is 31.2 Å². The molecular formula is C17H32N2. The fourth-order valence-electron chi connectivity index (χ4n) is 5.03. The van der Waals surface area contributed by atoms with E-state index >= 15 is 0 Å². The summed E-state index contributed by atoms with van der Waals surface area (Å²) in [6.45, 7) is 8.77. The standard InChI is InChI=1S/C17H32N2/c1-14-6-7-16(15(2)12-14)19-11-10-18-17(13-19)8-4-3-5-9-17/h14-16,18H,3-13H2,1-2H3. The number of rotatable bonds is 1. The minimum atomic E-state index is 0.485. The van der Waals surface area contributed by atoms with Gasteiger partial charge in [-0.1, -0.05) is 33.1 Å². The van der Waals surface area contributed by atoms with Gasteiger partial charge in [0.15, 0.2) is 0 Å². The average molecular weight is 264 g/mol. The lowest BCUT2D eigenvalue weighted by atomic mass is 9.76. The Bertz CT molecular complexity index is 290. The van der Waals surface area contributed by atoms with Crippen LogP contribution in [0.4, 0.5) is 0 Å². The lowest BCUT2D eigenvalue weighted by Gasteiger charge is -2.51. The Labute approximate surface area is 119 Å². The molecule has 110 valence electrons. The van der Waals surface area contributed by atoms with E-state index in [1.807, 2.05) is 0 Å².